The van der Waals surface area contributed by atoms with Crippen LogP contribution in [0.2, 0.25) is 0 Å². The van der Waals surface area contributed by atoms with Crippen LogP contribution in [0.15, 0.2) is 206 Å². The molecule has 0 saturated heterocycles. The number of aromatic nitrogens is 4. The zero-order valence-corrected chi connectivity index (χ0v) is 32.4. The van der Waals surface area contributed by atoms with E-state index in [-0.39, 0.29) is 0 Å². The standard InChI is InChI=1S/C56H34N4/c1-3-13-37(14-4-1)56-57-54(53-44-21-11-15-35-16-12-22-45(52(35)44)55(53)58-56)36-25-29-41(30-26-36)60-49-24-10-8-20-43(49)47-34-39(28-32-51(47)60)38-27-31-50-46(33-38)42-19-7-9-23-48(42)59(50)40-17-5-2-6-18-40/h1-34H. The third-order valence-corrected chi connectivity index (χ3v) is 12.5. The molecule has 0 atom stereocenters. The lowest BCUT2D eigenvalue weighted by Gasteiger charge is -2.14. The van der Waals surface area contributed by atoms with Crippen LogP contribution in [0.25, 0.3) is 122 Å². The van der Waals surface area contributed by atoms with Gasteiger partial charge in [-0.05, 0) is 88.1 Å². The van der Waals surface area contributed by atoms with E-state index in [0.29, 0.717) is 0 Å². The van der Waals surface area contributed by atoms with Gasteiger partial charge in [0.05, 0.1) is 33.5 Å². The number of rotatable bonds is 5. The molecule has 3 aromatic heterocycles. The molecule has 0 radical (unpaired) electrons. The Balaban J connectivity index is 0.943. The summed E-state index contributed by atoms with van der Waals surface area (Å²) in [7, 11) is 0. The molecular weight excluding hydrogens is 729 g/mol. The fourth-order valence-electron chi connectivity index (χ4n) is 9.79. The van der Waals surface area contributed by atoms with Gasteiger partial charge in [0.25, 0.3) is 0 Å². The van der Waals surface area contributed by atoms with Crippen molar-refractivity contribution in [3.8, 4) is 67.5 Å². The average molecular weight is 763 g/mol. The van der Waals surface area contributed by atoms with Gasteiger partial charge in [-0.25, -0.2) is 9.97 Å². The summed E-state index contributed by atoms with van der Waals surface area (Å²) in [5.74, 6) is 0.734. The number of nitrogens with zero attached hydrogens (tertiary/aromatic N) is 4. The predicted molar refractivity (Wildman–Crippen MR) is 249 cm³/mol. The van der Waals surface area contributed by atoms with Gasteiger partial charge in [-0.1, -0.05) is 146 Å². The van der Waals surface area contributed by atoms with Gasteiger partial charge in [-0.2, -0.15) is 0 Å². The van der Waals surface area contributed by atoms with Crippen LogP contribution in [0.5, 0.6) is 0 Å². The normalized spacial score (nSPS) is 12.0. The molecule has 0 spiro atoms. The summed E-state index contributed by atoms with van der Waals surface area (Å²) >= 11 is 0. The highest BCUT2D eigenvalue weighted by molar-refractivity contribution is 6.17. The molecule has 0 amide bonds. The number of fused-ring (bicyclic) bond motifs is 9. The van der Waals surface area contributed by atoms with Gasteiger partial charge in [0.15, 0.2) is 5.82 Å². The Bertz CT molecular complexity index is 3680. The number of hydrogen-bond acceptors (Lipinski definition) is 2. The van der Waals surface area contributed by atoms with Gasteiger partial charge < -0.3 is 9.13 Å². The Labute approximate surface area is 345 Å². The second-order valence-electron chi connectivity index (χ2n) is 15.7. The van der Waals surface area contributed by atoms with Gasteiger partial charge in [0.1, 0.15) is 0 Å². The molecule has 0 aliphatic heterocycles. The van der Waals surface area contributed by atoms with Crippen molar-refractivity contribution in [2.45, 2.75) is 0 Å². The summed E-state index contributed by atoms with van der Waals surface area (Å²) in [4.78, 5) is 10.5. The molecule has 3 heterocycles. The van der Waals surface area contributed by atoms with Crippen LogP contribution < -0.4 is 0 Å². The fraction of sp³-hybridized carbons (Fsp3) is 0. The summed E-state index contributed by atoms with van der Waals surface area (Å²) in [5, 5.41) is 7.43. The first kappa shape index (κ1) is 32.9. The van der Waals surface area contributed by atoms with Crippen LogP contribution in [0.3, 0.4) is 0 Å². The van der Waals surface area contributed by atoms with Crippen LogP contribution in [0.4, 0.5) is 0 Å². The van der Waals surface area contributed by atoms with Gasteiger partial charge >= 0.3 is 0 Å². The summed E-state index contributed by atoms with van der Waals surface area (Å²) in [5.41, 5.74) is 16.9. The van der Waals surface area contributed by atoms with Crippen molar-refractivity contribution in [2.75, 3.05) is 0 Å². The Kier molecular flexibility index (Phi) is 6.98. The van der Waals surface area contributed by atoms with E-state index in [4.69, 9.17) is 9.97 Å². The predicted octanol–water partition coefficient (Wildman–Crippen LogP) is 14.5. The quantitative estimate of drug-likeness (QED) is 0.175. The maximum atomic E-state index is 5.32. The summed E-state index contributed by atoms with van der Waals surface area (Å²) < 4.78 is 4.77. The lowest BCUT2D eigenvalue weighted by atomic mass is 9.99. The molecule has 0 saturated carbocycles. The zero-order valence-electron chi connectivity index (χ0n) is 32.4. The fourth-order valence-corrected chi connectivity index (χ4v) is 9.79. The Morgan fingerprint density at radius 1 is 0.317 bits per heavy atom. The molecule has 278 valence electrons. The number of hydrogen-bond donors (Lipinski definition) is 0. The molecule has 13 rings (SSSR count). The van der Waals surface area contributed by atoms with Crippen LogP contribution in [0.1, 0.15) is 0 Å². The average Bonchev–Trinajstić information content (AvgIpc) is 3.95. The molecule has 0 bridgehead atoms. The highest BCUT2D eigenvalue weighted by atomic mass is 15.0. The minimum absolute atomic E-state index is 0.734. The van der Waals surface area contributed by atoms with Crippen molar-refractivity contribution in [3.63, 3.8) is 0 Å². The first-order valence-corrected chi connectivity index (χ1v) is 20.5. The molecule has 60 heavy (non-hydrogen) atoms. The van der Waals surface area contributed by atoms with E-state index in [9.17, 15) is 0 Å². The Morgan fingerprint density at radius 2 is 0.817 bits per heavy atom. The lowest BCUT2D eigenvalue weighted by Crippen LogP contribution is -1.98. The van der Waals surface area contributed by atoms with E-state index < -0.39 is 0 Å². The summed E-state index contributed by atoms with van der Waals surface area (Å²) in [6.07, 6.45) is 0. The largest absolute Gasteiger partial charge is 0.309 e. The lowest BCUT2D eigenvalue weighted by molar-refractivity contribution is 1.17. The minimum Gasteiger partial charge on any atom is -0.309 e. The number of para-hydroxylation sites is 3. The molecule has 9 aromatic carbocycles. The van der Waals surface area contributed by atoms with Crippen molar-refractivity contribution in [1.29, 1.82) is 0 Å². The van der Waals surface area contributed by atoms with Crippen molar-refractivity contribution >= 4 is 54.4 Å². The SMILES string of the molecule is c1ccc(-c2nc(-c3ccc(-n4c5ccccc5c5cc(-c6ccc7c(c6)c6ccccc6n7-c6ccccc6)ccc54)cc3)c3c(n2)-c2cccc4cccc-3c24)cc1. The third-order valence-electron chi connectivity index (χ3n) is 12.5. The van der Waals surface area contributed by atoms with Crippen molar-refractivity contribution in [2.24, 2.45) is 0 Å². The maximum Gasteiger partial charge on any atom is 0.160 e. The molecule has 0 fully saturated rings. The van der Waals surface area contributed by atoms with E-state index in [2.05, 4.69) is 209 Å². The highest BCUT2D eigenvalue weighted by Gasteiger charge is 2.28. The maximum absolute atomic E-state index is 5.32. The van der Waals surface area contributed by atoms with Gasteiger partial charge in [-0.3, -0.25) is 0 Å². The van der Waals surface area contributed by atoms with Crippen LogP contribution in [0, 0.1) is 0 Å². The van der Waals surface area contributed by atoms with Crippen molar-refractivity contribution < 1.29 is 0 Å². The first-order valence-electron chi connectivity index (χ1n) is 20.5. The monoisotopic (exact) mass is 762 g/mol. The van der Waals surface area contributed by atoms with Gasteiger partial charge in [0, 0.05) is 55.2 Å². The van der Waals surface area contributed by atoms with E-state index >= 15 is 0 Å². The van der Waals surface area contributed by atoms with E-state index in [1.165, 1.54) is 82.3 Å². The summed E-state index contributed by atoms with van der Waals surface area (Å²) in [6.45, 7) is 0. The second-order valence-corrected chi connectivity index (χ2v) is 15.7. The molecule has 1 aliphatic carbocycles. The Hall–Kier alpha value is -8.08. The third kappa shape index (κ3) is 4.79. The topological polar surface area (TPSA) is 35.6 Å². The van der Waals surface area contributed by atoms with Gasteiger partial charge in [0.2, 0.25) is 0 Å². The minimum atomic E-state index is 0.734. The van der Waals surface area contributed by atoms with Crippen LogP contribution in [-0.2, 0) is 0 Å². The van der Waals surface area contributed by atoms with Crippen molar-refractivity contribution in [3.05, 3.63) is 206 Å². The molecule has 0 unspecified atom stereocenters. The van der Waals surface area contributed by atoms with Crippen molar-refractivity contribution in [1.82, 2.24) is 19.1 Å². The molecule has 4 nitrogen and oxygen atoms in total. The highest BCUT2D eigenvalue weighted by Crippen LogP contribution is 2.50. The summed E-state index contributed by atoms with van der Waals surface area (Å²) in [6, 6.07) is 74.3. The second kappa shape index (κ2) is 12.7. The Morgan fingerprint density at radius 3 is 1.45 bits per heavy atom. The molecule has 4 heteroatoms. The molecular formula is C56H34N4. The van der Waals surface area contributed by atoms with Crippen LogP contribution >= 0.6 is 0 Å². The molecule has 12 aromatic rings. The van der Waals surface area contributed by atoms with E-state index in [1.807, 2.05) is 6.07 Å². The van der Waals surface area contributed by atoms with Crippen LogP contribution in [-0.4, -0.2) is 19.1 Å². The van der Waals surface area contributed by atoms with E-state index in [0.717, 1.165) is 39.6 Å². The number of benzene rings is 9. The van der Waals surface area contributed by atoms with Gasteiger partial charge in [-0.15, -0.1) is 0 Å². The molecule has 0 N–H and O–H groups in total. The first-order chi connectivity index (χ1) is 29.8. The zero-order chi connectivity index (χ0) is 39.3. The smallest absolute Gasteiger partial charge is 0.160 e. The molecule has 1 aliphatic rings. The van der Waals surface area contributed by atoms with E-state index in [1.54, 1.807) is 0 Å².